The maximum Gasteiger partial charge on any atom is 0.257 e. The maximum absolute atomic E-state index is 12.8. The minimum absolute atomic E-state index is 0.189. The van der Waals surface area contributed by atoms with Gasteiger partial charge >= 0.3 is 0 Å². The fourth-order valence-corrected chi connectivity index (χ4v) is 4.74. The van der Waals surface area contributed by atoms with E-state index < -0.39 is 0 Å². The summed E-state index contributed by atoms with van der Waals surface area (Å²) in [5, 5.41) is 0.752. The highest BCUT2D eigenvalue weighted by Crippen LogP contribution is 2.39. The third-order valence-electron chi connectivity index (χ3n) is 4.83. The summed E-state index contributed by atoms with van der Waals surface area (Å²) in [6, 6.07) is 0. The standard InChI is InChI=1S/C16H24N2OS/c1-2-11-6-7-12-13(10-11)20-15(17)14(12)16(19)18-8-4-3-5-9-18/h11H,2-10,17H2,1H3/t11-/m0/s1. The van der Waals surface area contributed by atoms with Crippen molar-refractivity contribution >= 4 is 22.2 Å². The lowest BCUT2D eigenvalue weighted by atomic mass is 9.85. The number of anilines is 1. The van der Waals surface area contributed by atoms with Crippen molar-refractivity contribution in [2.45, 2.75) is 51.9 Å². The molecule has 3 nitrogen and oxygen atoms in total. The van der Waals surface area contributed by atoms with Gasteiger partial charge in [0, 0.05) is 18.0 Å². The molecule has 1 aromatic heterocycles. The van der Waals surface area contributed by atoms with Gasteiger partial charge in [0.1, 0.15) is 0 Å². The number of nitrogens with two attached hydrogens (primary N) is 1. The third-order valence-corrected chi connectivity index (χ3v) is 5.91. The molecule has 1 atom stereocenters. The summed E-state index contributed by atoms with van der Waals surface area (Å²) in [5.74, 6) is 0.966. The summed E-state index contributed by atoms with van der Waals surface area (Å²) in [6.45, 7) is 4.06. The van der Waals surface area contributed by atoms with Crippen LogP contribution in [0.1, 0.15) is 59.8 Å². The van der Waals surface area contributed by atoms with E-state index in [0.717, 1.165) is 55.3 Å². The molecule has 0 spiro atoms. The average Bonchev–Trinajstić information content (AvgIpc) is 2.82. The highest BCUT2D eigenvalue weighted by atomic mass is 32.1. The first-order chi connectivity index (χ1) is 9.70. The minimum Gasteiger partial charge on any atom is -0.390 e. The van der Waals surface area contributed by atoms with Crippen molar-refractivity contribution in [2.24, 2.45) is 5.92 Å². The van der Waals surface area contributed by atoms with Gasteiger partial charge in [-0.25, -0.2) is 0 Å². The molecule has 0 bridgehead atoms. The quantitative estimate of drug-likeness (QED) is 0.907. The smallest absolute Gasteiger partial charge is 0.257 e. The molecule has 3 rings (SSSR count). The van der Waals surface area contributed by atoms with Crippen LogP contribution in [0.4, 0.5) is 5.00 Å². The van der Waals surface area contributed by atoms with Crippen LogP contribution in [0.25, 0.3) is 0 Å². The molecule has 1 aromatic rings. The molecule has 0 saturated carbocycles. The number of hydrogen-bond acceptors (Lipinski definition) is 3. The minimum atomic E-state index is 0.189. The van der Waals surface area contributed by atoms with Crippen molar-refractivity contribution in [3.63, 3.8) is 0 Å². The number of amides is 1. The number of fused-ring (bicyclic) bond motifs is 1. The highest BCUT2D eigenvalue weighted by molar-refractivity contribution is 7.16. The molecular weight excluding hydrogens is 268 g/mol. The van der Waals surface area contributed by atoms with Crippen LogP contribution in [0.5, 0.6) is 0 Å². The Balaban J connectivity index is 1.86. The summed E-state index contributed by atoms with van der Waals surface area (Å²) in [5.41, 5.74) is 8.31. The lowest BCUT2D eigenvalue weighted by Crippen LogP contribution is -2.36. The van der Waals surface area contributed by atoms with Crippen molar-refractivity contribution in [1.82, 2.24) is 4.90 Å². The van der Waals surface area contributed by atoms with E-state index in [1.807, 2.05) is 4.90 Å². The molecule has 1 aliphatic carbocycles. The number of nitrogens with zero attached hydrogens (tertiary/aromatic N) is 1. The number of likely N-dealkylation sites (tertiary alicyclic amines) is 1. The van der Waals surface area contributed by atoms with Crippen molar-refractivity contribution in [2.75, 3.05) is 18.8 Å². The number of rotatable bonds is 2. The Kier molecular flexibility index (Phi) is 4.01. The topological polar surface area (TPSA) is 46.3 Å². The van der Waals surface area contributed by atoms with Gasteiger partial charge in [0.05, 0.1) is 10.6 Å². The summed E-state index contributed by atoms with van der Waals surface area (Å²) >= 11 is 1.66. The van der Waals surface area contributed by atoms with Crippen molar-refractivity contribution in [1.29, 1.82) is 0 Å². The van der Waals surface area contributed by atoms with Crippen LogP contribution >= 0.6 is 11.3 Å². The van der Waals surface area contributed by atoms with Crippen LogP contribution < -0.4 is 5.73 Å². The predicted molar refractivity (Wildman–Crippen MR) is 84.3 cm³/mol. The van der Waals surface area contributed by atoms with E-state index in [-0.39, 0.29) is 5.91 Å². The molecule has 2 N–H and O–H groups in total. The van der Waals surface area contributed by atoms with Gasteiger partial charge in [-0.05, 0) is 50.0 Å². The zero-order chi connectivity index (χ0) is 14.1. The Morgan fingerprint density at radius 2 is 2.10 bits per heavy atom. The summed E-state index contributed by atoms with van der Waals surface area (Å²) in [7, 11) is 0. The molecule has 1 saturated heterocycles. The lowest BCUT2D eigenvalue weighted by Gasteiger charge is -2.28. The van der Waals surface area contributed by atoms with E-state index in [4.69, 9.17) is 5.73 Å². The van der Waals surface area contributed by atoms with Gasteiger partial charge in [-0.1, -0.05) is 13.3 Å². The van der Waals surface area contributed by atoms with Crippen molar-refractivity contribution in [3.05, 3.63) is 16.0 Å². The number of thiophene rings is 1. The Bertz CT molecular complexity index is 503. The van der Waals surface area contributed by atoms with Gasteiger partial charge in [0.25, 0.3) is 5.91 Å². The second-order valence-corrected chi connectivity index (χ2v) is 7.25. The first kappa shape index (κ1) is 13.9. The Morgan fingerprint density at radius 3 is 2.80 bits per heavy atom. The fourth-order valence-electron chi connectivity index (χ4n) is 3.51. The van der Waals surface area contributed by atoms with E-state index in [9.17, 15) is 4.79 Å². The van der Waals surface area contributed by atoms with Crippen LogP contribution in [-0.2, 0) is 12.8 Å². The highest BCUT2D eigenvalue weighted by Gasteiger charge is 2.30. The number of piperidine rings is 1. The van der Waals surface area contributed by atoms with Crippen molar-refractivity contribution < 1.29 is 4.79 Å². The number of carbonyl (C=O) groups excluding carboxylic acids is 1. The molecular formula is C16H24N2OS. The summed E-state index contributed by atoms with van der Waals surface area (Å²) in [6.07, 6.45) is 8.11. The lowest BCUT2D eigenvalue weighted by molar-refractivity contribution is 0.0724. The Labute approximate surface area is 125 Å². The van der Waals surface area contributed by atoms with E-state index >= 15 is 0 Å². The summed E-state index contributed by atoms with van der Waals surface area (Å²) in [4.78, 5) is 16.1. The summed E-state index contributed by atoms with van der Waals surface area (Å²) < 4.78 is 0. The maximum atomic E-state index is 12.8. The number of hydrogen-bond donors (Lipinski definition) is 1. The molecule has 0 aromatic carbocycles. The van der Waals surface area contributed by atoms with Gasteiger partial charge in [0.2, 0.25) is 0 Å². The molecule has 0 unspecified atom stereocenters. The first-order valence-electron chi connectivity index (χ1n) is 7.90. The van der Waals surface area contributed by atoms with E-state index in [2.05, 4.69) is 6.92 Å². The second kappa shape index (κ2) is 5.76. The van der Waals surface area contributed by atoms with Crippen LogP contribution in [0, 0.1) is 5.92 Å². The van der Waals surface area contributed by atoms with Gasteiger partial charge in [-0.3, -0.25) is 4.79 Å². The molecule has 1 fully saturated rings. The SMILES string of the molecule is CC[C@H]1CCc2c(sc(N)c2C(=O)N2CCCCC2)C1. The zero-order valence-electron chi connectivity index (χ0n) is 12.3. The molecule has 20 heavy (non-hydrogen) atoms. The van der Waals surface area contributed by atoms with E-state index in [1.54, 1.807) is 11.3 Å². The Hall–Kier alpha value is -1.03. The number of nitrogen functional groups attached to an aromatic ring is 1. The average molecular weight is 292 g/mol. The molecule has 1 aliphatic heterocycles. The molecule has 110 valence electrons. The molecule has 4 heteroatoms. The van der Waals surface area contributed by atoms with E-state index in [1.165, 1.54) is 29.7 Å². The van der Waals surface area contributed by atoms with Gasteiger partial charge in [-0.2, -0.15) is 0 Å². The molecule has 1 amide bonds. The van der Waals surface area contributed by atoms with Crippen molar-refractivity contribution in [3.8, 4) is 0 Å². The third kappa shape index (κ3) is 2.46. The fraction of sp³-hybridized carbons (Fsp3) is 0.688. The predicted octanol–water partition coefficient (Wildman–Crippen LogP) is 3.47. The molecule has 0 radical (unpaired) electrons. The van der Waals surface area contributed by atoms with Gasteiger partial charge < -0.3 is 10.6 Å². The molecule has 2 aliphatic rings. The monoisotopic (exact) mass is 292 g/mol. The van der Waals surface area contributed by atoms with E-state index in [0.29, 0.717) is 0 Å². The van der Waals surface area contributed by atoms with Crippen LogP contribution in [0.3, 0.4) is 0 Å². The van der Waals surface area contributed by atoms with Gasteiger partial charge in [-0.15, -0.1) is 11.3 Å². The van der Waals surface area contributed by atoms with Crippen LogP contribution in [0.2, 0.25) is 0 Å². The van der Waals surface area contributed by atoms with Crippen LogP contribution in [-0.4, -0.2) is 23.9 Å². The van der Waals surface area contributed by atoms with Gasteiger partial charge in [0.15, 0.2) is 0 Å². The second-order valence-electron chi connectivity index (χ2n) is 6.11. The normalized spacial score (nSPS) is 22.6. The Morgan fingerprint density at radius 1 is 1.35 bits per heavy atom. The molecule has 2 heterocycles. The zero-order valence-corrected chi connectivity index (χ0v) is 13.1. The first-order valence-corrected chi connectivity index (χ1v) is 8.71. The largest absolute Gasteiger partial charge is 0.390 e. The van der Waals surface area contributed by atoms with Crippen LogP contribution in [0.15, 0.2) is 0 Å². The number of carbonyl (C=O) groups is 1.